The molecule has 4 N–H and O–H groups in total. The monoisotopic (exact) mass is 1140 g/mol. The minimum Gasteiger partial charge on any atom is -0.458 e. The molecule has 3 aromatic rings. The van der Waals surface area contributed by atoms with E-state index < -0.39 is 82.4 Å². The van der Waals surface area contributed by atoms with E-state index >= 15 is 0 Å². The number of fused-ring (bicyclic) bond motifs is 1. The fourth-order valence-electron chi connectivity index (χ4n) is 7.79. The predicted octanol–water partition coefficient (Wildman–Crippen LogP) is 6.02. The zero-order valence-corrected chi connectivity index (χ0v) is 46.4. The summed E-state index contributed by atoms with van der Waals surface area (Å²) >= 11 is 0. The molecule has 0 spiro atoms. The van der Waals surface area contributed by atoms with Gasteiger partial charge >= 0.3 is 12.1 Å². The zero-order valence-electron chi connectivity index (χ0n) is 42.3. The van der Waals surface area contributed by atoms with Gasteiger partial charge in [-0.1, -0.05) is 72.7 Å². The summed E-state index contributed by atoms with van der Waals surface area (Å²) in [6, 6.07) is 7.05. The van der Waals surface area contributed by atoms with Crippen molar-refractivity contribution < 1.29 is 64.6 Å². The smallest absolute Gasteiger partial charge is 0.410 e. The summed E-state index contributed by atoms with van der Waals surface area (Å²) in [5.74, 6) is -2.51. The molecule has 2 heterocycles. The first-order valence-electron chi connectivity index (χ1n) is 22.2. The van der Waals surface area contributed by atoms with E-state index in [1.807, 2.05) is 90.5 Å². The first kappa shape index (κ1) is 57.4. The van der Waals surface area contributed by atoms with E-state index in [0.717, 1.165) is 16.5 Å². The average molecular weight is 1140 g/mol. The first-order chi connectivity index (χ1) is 29.8. The van der Waals surface area contributed by atoms with Crippen LogP contribution >= 0.6 is 0 Å². The second kappa shape index (κ2) is 22.8. The summed E-state index contributed by atoms with van der Waals surface area (Å²) in [6.45, 7) is 25.8. The third kappa shape index (κ3) is 15.4. The Morgan fingerprint density at radius 1 is 0.879 bits per heavy atom. The topological polar surface area (TPSA) is 197 Å². The summed E-state index contributed by atoms with van der Waals surface area (Å²) < 4.78 is 14.8. The third-order valence-electron chi connectivity index (χ3n) is 11.2. The van der Waals surface area contributed by atoms with Gasteiger partial charge in [0.05, 0.1) is 24.1 Å². The van der Waals surface area contributed by atoms with Crippen molar-refractivity contribution in [2.45, 2.75) is 151 Å². The van der Waals surface area contributed by atoms with Crippen LogP contribution in [-0.2, 0) is 47.7 Å². The Hall–Kier alpha value is -4.75. The number of amides is 4. The number of nitrogens with zero attached hydrogens (tertiary/aromatic N) is 4. The Morgan fingerprint density at radius 2 is 1.47 bits per heavy atom. The van der Waals surface area contributed by atoms with Crippen molar-refractivity contribution in [3.63, 3.8) is 0 Å². The van der Waals surface area contributed by atoms with Gasteiger partial charge in [-0.2, -0.15) is 6.07 Å². The molecule has 0 saturated heterocycles. The van der Waals surface area contributed by atoms with Crippen molar-refractivity contribution in [2.24, 2.45) is 18.4 Å². The summed E-state index contributed by atoms with van der Waals surface area (Å²) in [7, 11) is 5.21. The third-order valence-corrected chi connectivity index (χ3v) is 11.2. The average Bonchev–Trinajstić information content (AvgIpc) is 3.74. The Bertz CT molecular complexity index is 2280. The Kier molecular flexibility index (Phi) is 19.9. The molecule has 4 atom stereocenters. The number of benzene rings is 1. The van der Waals surface area contributed by atoms with E-state index in [1.54, 1.807) is 85.8 Å². The number of hydrogen-bond acceptors (Lipinski definition) is 9. The number of carbonyl (C=O) groups excluding carboxylic acids is 5. The first-order valence-corrected chi connectivity index (χ1v) is 22.2. The van der Waals surface area contributed by atoms with E-state index in [1.165, 1.54) is 15.5 Å². The van der Waals surface area contributed by atoms with Gasteiger partial charge in [0.1, 0.15) is 29.1 Å². The van der Waals surface area contributed by atoms with Gasteiger partial charge in [-0.05, 0) is 71.4 Å². The molecular weight excluding hydrogens is 1070 g/mol. The molecule has 0 aliphatic heterocycles. The molecule has 0 aliphatic rings. The molecule has 3 rings (SSSR count). The number of esters is 1. The SMILES string of the molecule is C/C(=C\[C@H](C(C)C)N(C)C(=N)[C@@H](NC(=O)[C@@H](N(C)C(=O)OC(C)(C)C)C(C)(C)c1cn(C)c2ccccc12)C(C)(C)C)C(=O)NC(CC(=O)NCCn1[cH-]ccc1=O)C(=O)OC(C)(C)C.[U]. The second-order valence-corrected chi connectivity index (χ2v) is 20.9. The quantitative estimate of drug-likeness (QED) is 0.0411. The Morgan fingerprint density at radius 3 is 2.00 bits per heavy atom. The van der Waals surface area contributed by atoms with Crippen LogP contribution in [0.2, 0.25) is 0 Å². The minimum atomic E-state index is -1.33. The van der Waals surface area contributed by atoms with E-state index in [2.05, 4.69) is 16.0 Å². The molecule has 17 heteroatoms. The molecule has 0 aliphatic carbocycles. The molecular formula is C49H75N8O8U-. The van der Waals surface area contributed by atoms with Crippen LogP contribution in [0.15, 0.2) is 65.2 Å². The number of amidine groups is 1. The molecule has 4 amide bonds. The van der Waals surface area contributed by atoms with E-state index in [4.69, 9.17) is 9.47 Å². The molecule has 364 valence electrons. The van der Waals surface area contributed by atoms with Crippen LogP contribution in [0.25, 0.3) is 10.9 Å². The number of para-hydroxylation sites is 1. The van der Waals surface area contributed by atoms with Gasteiger partial charge < -0.3 is 44.3 Å². The normalized spacial score (nSPS) is 14.3. The van der Waals surface area contributed by atoms with Crippen LogP contribution in [0.3, 0.4) is 0 Å². The van der Waals surface area contributed by atoms with E-state index in [9.17, 15) is 34.2 Å². The largest absolute Gasteiger partial charge is 0.458 e. The molecule has 1 aromatic carbocycles. The Labute approximate surface area is 415 Å². The van der Waals surface area contributed by atoms with Gasteiger partial charge in [-0.15, -0.1) is 12.3 Å². The summed E-state index contributed by atoms with van der Waals surface area (Å²) in [5.41, 5.74) is -1.57. The number of nitrogens with one attached hydrogen (secondary N) is 4. The maximum absolute atomic E-state index is 15.0. The number of likely N-dealkylation sites (N-methyl/N-ethyl adjacent to an activating group) is 2. The maximum atomic E-state index is 15.0. The van der Waals surface area contributed by atoms with Crippen LogP contribution in [0.1, 0.15) is 109 Å². The Balaban J connectivity index is 0.0000150. The van der Waals surface area contributed by atoms with Gasteiger partial charge in [-0.25, -0.2) is 9.59 Å². The van der Waals surface area contributed by atoms with Crippen LogP contribution in [0, 0.1) is 47.9 Å². The van der Waals surface area contributed by atoms with Crippen LogP contribution in [-0.4, -0.2) is 111 Å². The minimum absolute atomic E-state index is 0. The van der Waals surface area contributed by atoms with Crippen molar-refractivity contribution in [3.8, 4) is 0 Å². The van der Waals surface area contributed by atoms with Crippen LogP contribution < -0.4 is 21.5 Å². The number of rotatable bonds is 17. The van der Waals surface area contributed by atoms with Crippen molar-refractivity contribution in [1.82, 2.24) is 34.9 Å². The fourth-order valence-corrected chi connectivity index (χ4v) is 7.79. The van der Waals surface area contributed by atoms with E-state index in [0.29, 0.717) is 0 Å². The van der Waals surface area contributed by atoms with Gasteiger partial charge in [0.15, 0.2) is 0 Å². The van der Waals surface area contributed by atoms with E-state index in [-0.39, 0.29) is 67.1 Å². The molecule has 0 fully saturated rings. The van der Waals surface area contributed by atoms with Crippen molar-refractivity contribution >= 4 is 46.5 Å². The number of aryl methyl sites for hydroxylation is 1. The van der Waals surface area contributed by atoms with Crippen LogP contribution in [0.4, 0.5) is 4.79 Å². The van der Waals surface area contributed by atoms with Gasteiger partial charge in [0.25, 0.3) is 0 Å². The maximum Gasteiger partial charge on any atom is 0.410 e. The number of carbonyl (C=O) groups is 5. The molecule has 1 unspecified atom stereocenters. The predicted molar refractivity (Wildman–Crippen MR) is 255 cm³/mol. The molecule has 0 saturated carbocycles. The van der Waals surface area contributed by atoms with Crippen molar-refractivity contribution in [2.75, 3.05) is 20.6 Å². The number of hydrogen-bond donors (Lipinski definition) is 4. The van der Waals surface area contributed by atoms with Gasteiger partial charge in [-0.3, -0.25) is 24.7 Å². The second-order valence-electron chi connectivity index (χ2n) is 20.9. The standard InChI is InChI=1S/C49H75N8O8.U/c1-30(2)36(27-31(3)42(60)52-34(44(62)64-47(7,8)9)28-37(58)51-24-26-57-25-20-23-38(57)59)55(16)41(50)39(46(4,5)6)53-43(61)40(56(17)45(63)65-48(10,11)12)49(13,14)33-29-54(15)35-22-19-18-21-32(33)35;/h18-23,25,27,29-30,34,36,39-40,50H,24,26,28H2,1-17H3,(H,51,58)(H,52,60)(H,53,61);/q-1;/b31-27+,50-41?;/t34?,36-,39-,40-;/m1./s1. The summed E-state index contributed by atoms with van der Waals surface area (Å²) in [6.07, 6.45) is 4.20. The zero-order chi connectivity index (χ0) is 49.6. The molecule has 0 radical (unpaired) electrons. The van der Waals surface area contributed by atoms with Crippen molar-refractivity contribution in [1.29, 1.82) is 5.41 Å². The number of aromatic nitrogens is 2. The molecule has 66 heavy (non-hydrogen) atoms. The fraction of sp³-hybridized carbons (Fsp3) is 0.592. The summed E-state index contributed by atoms with van der Waals surface area (Å²) in [4.78, 5) is 83.9. The van der Waals surface area contributed by atoms with Gasteiger partial charge in [0.2, 0.25) is 17.7 Å². The van der Waals surface area contributed by atoms with Crippen LogP contribution in [0.5, 0.6) is 0 Å². The summed E-state index contributed by atoms with van der Waals surface area (Å²) in [5, 5.41) is 19.1. The molecule has 2 aromatic heterocycles. The number of ether oxygens (including phenoxy) is 2. The molecule has 16 nitrogen and oxygen atoms in total. The van der Waals surface area contributed by atoms with Crippen molar-refractivity contribution in [3.05, 3.63) is 76.4 Å². The molecule has 0 bridgehead atoms. The van der Waals surface area contributed by atoms with Gasteiger partial charge in [0, 0.05) is 93.4 Å².